The van der Waals surface area contributed by atoms with E-state index in [4.69, 9.17) is 0 Å². The van der Waals surface area contributed by atoms with Crippen LogP contribution >= 0.6 is 0 Å². The average molecular weight is 482 g/mol. The maximum absolute atomic E-state index is 12.7. The highest BCUT2D eigenvalue weighted by Gasteiger charge is 2.69. The molecule has 0 radical (unpaired) electrons. The number of amides is 1. The molecular formula is C33H55NO. The first-order valence-corrected chi connectivity index (χ1v) is 15.2. The van der Waals surface area contributed by atoms with E-state index in [-0.39, 0.29) is 17.2 Å². The Labute approximate surface area is 216 Å². The van der Waals surface area contributed by atoms with Gasteiger partial charge in [-0.1, -0.05) is 60.6 Å². The molecule has 0 aromatic heterocycles. The molecule has 5 aliphatic rings. The molecule has 0 aliphatic heterocycles. The van der Waals surface area contributed by atoms with E-state index in [2.05, 4.69) is 53.4 Å². The molecule has 0 saturated heterocycles. The van der Waals surface area contributed by atoms with Crippen LogP contribution in [0.25, 0.3) is 0 Å². The van der Waals surface area contributed by atoms with Crippen molar-refractivity contribution in [2.45, 2.75) is 126 Å². The highest BCUT2D eigenvalue weighted by molar-refractivity contribution is 5.78. The fourth-order valence-electron chi connectivity index (χ4n) is 11.8. The normalized spacial score (nSPS) is 50.5. The minimum Gasteiger partial charge on any atom is -0.353 e. The van der Waals surface area contributed by atoms with Gasteiger partial charge in [0.05, 0.1) is 0 Å². The molecule has 35 heavy (non-hydrogen) atoms. The van der Waals surface area contributed by atoms with E-state index < -0.39 is 0 Å². The second kappa shape index (κ2) is 8.36. The molecule has 1 amide bonds. The van der Waals surface area contributed by atoms with Crippen LogP contribution in [0.1, 0.15) is 120 Å². The van der Waals surface area contributed by atoms with Gasteiger partial charge in [-0.15, -0.1) is 0 Å². The van der Waals surface area contributed by atoms with Gasteiger partial charge in [-0.25, -0.2) is 0 Å². The number of hydrogen-bond donors (Lipinski definition) is 1. The van der Waals surface area contributed by atoms with Crippen LogP contribution in [0, 0.1) is 63.1 Å². The molecule has 5 rings (SSSR count). The van der Waals surface area contributed by atoms with Gasteiger partial charge in [-0.3, -0.25) is 4.79 Å². The number of rotatable bonds is 3. The largest absolute Gasteiger partial charge is 0.353 e. The van der Waals surface area contributed by atoms with E-state index in [0.717, 1.165) is 36.0 Å². The van der Waals surface area contributed by atoms with Crippen molar-refractivity contribution in [2.24, 2.45) is 63.1 Å². The molecule has 2 heteroatoms. The standard InChI is InChI=1S/C33H55NO/c1-20(2)23-11-10-22-14-18-32(8)24(28(22)23)12-13-26-31(7)17-16-27(34-29(35)21(3)4)30(5,6)25(31)15-19-33(26,32)9/h21-28H,1,10-19H2,2-9H3,(H,34,35)/t22-,23+,24-,25+,26-,27?,28-,31+,32-,33-/m1/s1. The van der Waals surface area contributed by atoms with Crippen LogP contribution in [0.4, 0.5) is 0 Å². The van der Waals surface area contributed by atoms with E-state index in [1.807, 2.05) is 13.8 Å². The van der Waals surface area contributed by atoms with Crippen LogP contribution in [0.3, 0.4) is 0 Å². The zero-order valence-electron chi connectivity index (χ0n) is 24.3. The molecule has 10 atom stereocenters. The molecule has 0 aromatic carbocycles. The van der Waals surface area contributed by atoms with Gasteiger partial charge in [0.15, 0.2) is 0 Å². The smallest absolute Gasteiger partial charge is 0.222 e. The molecule has 5 aliphatic carbocycles. The molecule has 1 unspecified atom stereocenters. The maximum Gasteiger partial charge on any atom is 0.222 e. The minimum absolute atomic E-state index is 0.0673. The van der Waals surface area contributed by atoms with Crippen LogP contribution < -0.4 is 5.32 Å². The van der Waals surface area contributed by atoms with Gasteiger partial charge in [0.1, 0.15) is 0 Å². The summed E-state index contributed by atoms with van der Waals surface area (Å²) in [6, 6.07) is 0.317. The Balaban J connectivity index is 1.45. The number of fused-ring (bicyclic) bond motifs is 7. The van der Waals surface area contributed by atoms with Crippen molar-refractivity contribution in [1.82, 2.24) is 5.32 Å². The van der Waals surface area contributed by atoms with Gasteiger partial charge in [0.25, 0.3) is 0 Å². The Morgan fingerprint density at radius 2 is 1.51 bits per heavy atom. The Hall–Kier alpha value is -0.790. The van der Waals surface area contributed by atoms with E-state index in [9.17, 15) is 4.79 Å². The number of allylic oxidation sites excluding steroid dienone is 1. The molecule has 1 N–H and O–H groups in total. The molecule has 0 bridgehead atoms. The molecule has 0 aromatic rings. The van der Waals surface area contributed by atoms with Crippen LogP contribution in [-0.2, 0) is 4.79 Å². The molecular weight excluding hydrogens is 426 g/mol. The number of nitrogens with one attached hydrogen (secondary N) is 1. The van der Waals surface area contributed by atoms with Gasteiger partial charge in [0, 0.05) is 12.0 Å². The van der Waals surface area contributed by atoms with E-state index in [1.54, 1.807) is 0 Å². The second-order valence-corrected chi connectivity index (χ2v) is 15.7. The van der Waals surface area contributed by atoms with Gasteiger partial charge in [-0.2, -0.15) is 0 Å². The number of hydrogen-bond acceptors (Lipinski definition) is 1. The zero-order chi connectivity index (χ0) is 25.6. The van der Waals surface area contributed by atoms with Gasteiger partial charge in [0.2, 0.25) is 5.91 Å². The second-order valence-electron chi connectivity index (χ2n) is 15.7. The third-order valence-electron chi connectivity index (χ3n) is 13.8. The summed E-state index contributed by atoms with van der Waals surface area (Å²) in [5.74, 6) is 5.34. The van der Waals surface area contributed by atoms with Crippen molar-refractivity contribution in [3.8, 4) is 0 Å². The van der Waals surface area contributed by atoms with Crippen LogP contribution in [0.2, 0.25) is 0 Å². The van der Waals surface area contributed by atoms with E-state index >= 15 is 0 Å². The number of carbonyl (C=O) groups is 1. The monoisotopic (exact) mass is 481 g/mol. The summed E-state index contributed by atoms with van der Waals surface area (Å²) in [6.07, 6.45) is 13.8. The molecule has 5 fully saturated rings. The van der Waals surface area contributed by atoms with E-state index in [1.165, 1.54) is 63.4 Å². The summed E-state index contributed by atoms with van der Waals surface area (Å²) in [5.41, 5.74) is 2.93. The van der Waals surface area contributed by atoms with Gasteiger partial charge >= 0.3 is 0 Å². The fourth-order valence-corrected chi connectivity index (χ4v) is 11.8. The Bertz CT molecular complexity index is 872. The lowest BCUT2D eigenvalue weighted by Crippen LogP contribution is -2.67. The topological polar surface area (TPSA) is 29.1 Å². The number of carbonyl (C=O) groups excluding carboxylic acids is 1. The van der Waals surface area contributed by atoms with Gasteiger partial charge in [-0.05, 0) is 128 Å². The minimum atomic E-state index is 0.0673. The van der Waals surface area contributed by atoms with Crippen LogP contribution in [0.15, 0.2) is 12.2 Å². The molecule has 198 valence electrons. The Morgan fingerprint density at radius 1 is 0.829 bits per heavy atom. The maximum atomic E-state index is 12.7. The predicted molar refractivity (Wildman–Crippen MR) is 147 cm³/mol. The van der Waals surface area contributed by atoms with Crippen molar-refractivity contribution in [3.63, 3.8) is 0 Å². The lowest BCUT2D eigenvalue weighted by atomic mass is 9.33. The highest BCUT2D eigenvalue weighted by Crippen LogP contribution is 2.76. The lowest BCUT2D eigenvalue weighted by Gasteiger charge is -2.72. The predicted octanol–water partition coefficient (Wildman–Crippen LogP) is 8.41. The van der Waals surface area contributed by atoms with Crippen molar-refractivity contribution >= 4 is 5.91 Å². The molecule has 2 nitrogen and oxygen atoms in total. The fraction of sp³-hybridized carbons (Fsp3) is 0.909. The Kier molecular flexibility index (Phi) is 6.17. The molecule has 5 saturated carbocycles. The van der Waals surface area contributed by atoms with Crippen molar-refractivity contribution in [3.05, 3.63) is 12.2 Å². The summed E-state index contributed by atoms with van der Waals surface area (Å²) < 4.78 is 0. The first-order chi connectivity index (χ1) is 16.3. The first kappa shape index (κ1) is 25.8. The Morgan fingerprint density at radius 3 is 2.17 bits per heavy atom. The van der Waals surface area contributed by atoms with Crippen LogP contribution in [0.5, 0.6) is 0 Å². The SMILES string of the molecule is C=C(C)[C@@H]1CC[C@@H]2CC[C@]3(C)[C@H](CC[C@@H]4[C@@]5(C)CCC(NC(=O)C(C)C)C(C)(C)[C@@H]5CC[C@]43C)[C@H]21. The highest BCUT2D eigenvalue weighted by atomic mass is 16.1. The van der Waals surface area contributed by atoms with Crippen LogP contribution in [-0.4, -0.2) is 11.9 Å². The van der Waals surface area contributed by atoms with Crippen molar-refractivity contribution < 1.29 is 4.79 Å². The molecule has 0 heterocycles. The summed E-state index contributed by atoms with van der Waals surface area (Å²) >= 11 is 0. The summed E-state index contributed by atoms with van der Waals surface area (Å²) in [6.45, 7) is 24.0. The third kappa shape index (κ3) is 3.49. The average Bonchev–Trinajstić information content (AvgIpc) is 3.20. The van der Waals surface area contributed by atoms with Crippen molar-refractivity contribution in [1.29, 1.82) is 0 Å². The summed E-state index contributed by atoms with van der Waals surface area (Å²) in [4.78, 5) is 12.7. The molecule has 0 spiro atoms. The van der Waals surface area contributed by atoms with Crippen molar-refractivity contribution in [2.75, 3.05) is 0 Å². The van der Waals surface area contributed by atoms with E-state index in [0.29, 0.717) is 28.2 Å². The first-order valence-electron chi connectivity index (χ1n) is 15.2. The zero-order valence-corrected chi connectivity index (χ0v) is 24.3. The third-order valence-corrected chi connectivity index (χ3v) is 13.8. The van der Waals surface area contributed by atoms with Gasteiger partial charge < -0.3 is 5.32 Å². The summed E-state index contributed by atoms with van der Waals surface area (Å²) in [7, 11) is 0. The lowest BCUT2D eigenvalue weighted by molar-refractivity contribution is -0.231. The summed E-state index contributed by atoms with van der Waals surface area (Å²) in [5, 5.41) is 3.49. The quantitative estimate of drug-likeness (QED) is 0.403.